The second-order valence-electron chi connectivity index (χ2n) is 34.7. The van der Waals surface area contributed by atoms with Gasteiger partial charge in [0.2, 0.25) is 17.7 Å². The summed E-state index contributed by atoms with van der Waals surface area (Å²) in [4.78, 5) is 131. The first kappa shape index (κ1) is 100. The average Bonchev–Trinajstić information content (AvgIpc) is 1.62. The number of carboxylic acids is 2. The number of aliphatic hydroxyl groups excluding tert-OH is 5. The van der Waals surface area contributed by atoms with Crippen LogP contribution in [0.15, 0.2) is 95.7 Å². The Morgan fingerprint density at radius 3 is 1.20 bits per heavy atom. The average molecular weight is 1740 g/mol. The second-order valence-corrected chi connectivity index (χ2v) is 34.7. The smallest absolute Gasteiger partial charge is 0.335 e. The lowest BCUT2D eigenvalue weighted by Gasteiger charge is -2.39. The molecule has 11 heterocycles. The zero-order valence-electron chi connectivity index (χ0n) is 72.7. The molecule has 3 spiro atoms. The van der Waals surface area contributed by atoms with Crippen LogP contribution in [0.1, 0.15) is 206 Å². The number of aliphatic hydroxyl groups is 5. The molecule has 0 radical (unpaired) electrons. The molecule has 11 rings (SSSR count). The Kier molecular flexibility index (Phi) is 37.4. The van der Waals surface area contributed by atoms with E-state index in [1.54, 1.807) is 39.0 Å². The second kappa shape index (κ2) is 45.9. The van der Waals surface area contributed by atoms with Crippen LogP contribution in [0.3, 0.4) is 0 Å². The number of hydrogen-bond donors (Lipinski definition) is 11. The molecule has 35 heteroatoms. The van der Waals surface area contributed by atoms with Crippen LogP contribution in [-0.2, 0) is 105 Å². The Bertz CT molecular complexity index is 3900. The van der Waals surface area contributed by atoms with Gasteiger partial charge in [-0.1, -0.05) is 92.2 Å². The molecule has 7 amide bonds. The van der Waals surface area contributed by atoms with E-state index in [1.165, 1.54) is 37.3 Å². The van der Waals surface area contributed by atoms with Gasteiger partial charge in [-0.3, -0.25) is 53.2 Å². The highest BCUT2D eigenvalue weighted by Gasteiger charge is 2.61. The number of imide groups is 2. The quantitative estimate of drug-likeness (QED) is 0.00807. The van der Waals surface area contributed by atoms with Crippen LogP contribution in [0.5, 0.6) is 0 Å². The van der Waals surface area contributed by atoms with Crippen molar-refractivity contribution in [3.63, 3.8) is 0 Å². The highest BCUT2D eigenvalue weighted by atomic mass is 16.7. The molecule has 0 aromatic heterocycles. The number of ether oxygens (including phenoxy) is 10. The van der Waals surface area contributed by atoms with Gasteiger partial charge in [-0.2, -0.15) is 5.06 Å². The molecule has 686 valence electrons. The van der Waals surface area contributed by atoms with Gasteiger partial charge in [0.1, 0.15) is 53.4 Å². The topological polar surface area (TPSA) is 504 Å². The first-order valence-corrected chi connectivity index (χ1v) is 42.7. The molecule has 11 fully saturated rings. The van der Waals surface area contributed by atoms with E-state index in [1.807, 2.05) is 59.8 Å². The van der Waals surface area contributed by atoms with E-state index in [2.05, 4.69) is 48.9 Å². The summed E-state index contributed by atoms with van der Waals surface area (Å²) in [7, 11) is 0. The summed E-state index contributed by atoms with van der Waals surface area (Å²) in [6.45, 7) is 25.5. The number of carbonyl (C=O) groups is 11. The number of hydroxylamine groups is 4. The van der Waals surface area contributed by atoms with Gasteiger partial charge >= 0.3 is 23.9 Å². The normalized spacial score (nSPS) is 35.9. The van der Waals surface area contributed by atoms with E-state index in [9.17, 15) is 78.3 Å². The third-order valence-corrected chi connectivity index (χ3v) is 23.9. The van der Waals surface area contributed by atoms with Gasteiger partial charge in [-0.15, -0.1) is 5.06 Å². The van der Waals surface area contributed by atoms with E-state index in [0.717, 1.165) is 48.8 Å². The van der Waals surface area contributed by atoms with Crippen molar-refractivity contribution in [1.29, 1.82) is 0 Å². The van der Waals surface area contributed by atoms with Gasteiger partial charge in [0.25, 0.3) is 23.6 Å². The van der Waals surface area contributed by atoms with Crippen molar-refractivity contribution in [2.45, 2.75) is 350 Å². The summed E-state index contributed by atoms with van der Waals surface area (Å²) in [5, 5.41) is 87.1. The molecule has 11 aliphatic heterocycles. The lowest BCUT2D eigenvalue weighted by Crippen LogP contribution is -2.51. The van der Waals surface area contributed by atoms with Crippen molar-refractivity contribution in [1.82, 2.24) is 26.1 Å². The standard InChI is InChI=1S/C30H42N2O10.C28H41NO9.C26H41NO8.C4H5NO3/c1-17(5-8-23-18(2)13-22(20(4)40-23)31-25(34)10-7-19(3)33)6-9-24-29(38)30(16-39-30)15-21(41-24)14-28(37)42-32-26(35)11-12-27(32)36;1-16(7-10-24-27(34)28(15-35-28)14-21(38-24)13-26(32)33)6-9-23-17(2)12-22(19(4)37-23)29-25(31)11-8-18(3)36-20(5)30;1-15(6-9-22-25(32)26(14-33-26)13-19(35-22)12-24(30)31)5-8-21-16(2)11-20(18(4)34-21)27-23(29)10-7-17(3)28;6-3-1-2-4(7)5(3)8/h5-7,9-10,18-24,29,33,38H,8,11-16H2,1-4H3,(H,31,34);6-8,10-11,17-19,21-24,27,34H,9,12-15H2,1-5H3,(H,29,31)(H,32,33);5,7,10,16-22,25,28,32H,6,8-9,11-14H2,1-4H3,(H,27,29)(H,30,31);8H,1-2H2/b9-6+,10-7-,17-5+;10-7+,11-8-,16-6+;10-7-,15-5+;/t18-,19-,20+,21+,22+,23-,24+,29+,30+;17-,18-,19+,21+,22+,23-,24+,27+,28+;16-,17-,18+,19+,20+,21-,22+,25+,26+;/m000./s1. The molecule has 0 aromatic carbocycles. The number of allylic oxidation sites excluding steroid dienone is 5. The number of aliphatic carboxylic acids is 2. The van der Waals surface area contributed by atoms with Gasteiger partial charge in [-0.25, -0.2) is 4.79 Å². The van der Waals surface area contributed by atoms with E-state index >= 15 is 0 Å². The summed E-state index contributed by atoms with van der Waals surface area (Å²) in [5.41, 5.74) is 0.933. The lowest BCUT2D eigenvalue weighted by molar-refractivity contribution is -0.202. The van der Waals surface area contributed by atoms with Gasteiger partial charge < -0.3 is 104 Å². The molecular weight excluding hydrogens is 1610 g/mol. The highest BCUT2D eigenvalue weighted by Crippen LogP contribution is 2.47. The van der Waals surface area contributed by atoms with Crippen molar-refractivity contribution in [2.24, 2.45) is 17.8 Å². The van der Waals surface area contributed by atoms with Crippen molar-refractivity contribution in [3.05, 3.63) is 95.7 Å². The van der Waals surface area contributed by atoms with Crippen LogP contribution in [-0.4, -0.2) is 281 Å². The molecule has 11 aliphatic rings. The number of esters is 1. The Morgan fingerprint density at radius 1 is 0.488 bits per heavy atom. The minimum Gasteiger partial charge on any atom is -0.481 e. The molecule has 35 nitrogen and oxygen atoms in total. The predicted octanol–water partition coefficient (Wildman–Crippen LogP) is 5.47. The van der Waals surface area contributed by atoms with Crippen LogP contribution in [0.25, 0.3) is 0 Å². The maximum atomic E-state index is 12.4. The summed E-state index contributed by atoms with van der Waals surface area (Å²) >= 11 is 0. The van der Waals surface area contributed by atoms with Crippen molar-refractivity contribution >= 4 is 65.2 Å². The van der Waals surface area contributed by atoms with E-state index in [-0.39, 0.29) is 147 Å². The molecule has 0 aromatic rings. The first-order valence-electron chi connectivity index (χ1n) is 42.7. The minimum absolute atomic E-state index is 0.0133. The number of hydrogen-bond acceptors (Lipinski definition) is 28. The predicted molar refractivity (Wildman–Crippen MR) is 438 cm³/mol. The number of carboxylic acid groups (broad SMARTS) is 2. The van der Waals surface area contributed by atoms with Gasteiger partial charge in [-0.05, 0) is 138 Å². The molecule has 0 bridgehead atoms. The van der Waals surface area contributed by atoms with Gasteiger partial charge in [0.05, 0.1) is 130 Å². The Balaban J connectivity index is 0.000000219. The zero-order chi connectivity index (χ0) is 90.5. The zero-order valence-corrected chi connectivity index (χ0v) is 72.7. The van der Waals surface area contributed by atoms with E-state index in [4.69, 9.17) is 67.6 Å². The third kappa shape index (κ3) is 30.9. The molecular formula is C88H129N5O30. The summed E-state index contributed by atoms with van der Waals surface area (Å²) in [6, 6.07) is -0.345. The fraction of sp³-hybridized carbons (Fsp3) is 0.693. The SMILES string of the molecule is C/C(=C\C[C@@H]1O[C@H](C)[C@H](NC(=O)/C=C\[C@H](C)O)C[C@@H]1C)CC[C@H]1O[C@H](CC(=O)O)C[C@@]2(CO2)[C@@H]1O.CC(/C=C/[C@H]1O[C@H](CC(=O)ON2C(=O)CCC2=O)C[C@@]2(CO2)[C@@H]1O)=C\C[C@@H]1O[C@H](C)[C@H](NC(=O)/C=C\[C@H](C)O)C[C@@H]1C.CC(=O)O[C@@H](C)/C=C\C(=O)N[C@@H]1C[C@H](C)[C@H](C/C=C(C)/C=C/[C@H]2O[C@H](CC(=O)O)C[C@@]3(CO3)[C@@H]2O)O[C@@H]1C.O=C1CCC(=O)N1O. The third-order valence-electron chi connectivity index (χ3n) is 23.9. The monoisotopic (exact) mass is 1740 g/mol. The van der Waals surface area contributed by atoms with Gasteiger partial charge in [0, 0.05) is 70.1 Å². The van der Waals surface area contributed by atoms with Crippen LogP contribution in [0, 0.1) is 17.8 Å². The largest absolute Gasteiger partial charge is 0.481 e. The Labute approximate surface area is 717 Å². The number of epoxide rings is 3. The van der Waals surface area contributed by atoms with Crippen LogP contribution >= 0.6 is 0 Å². The number of carbonyl (C=O) groups excluding carboxylic acids is 9. The van der Waals surface area contributed by atoms with E-state index < -0.39 is 138 Å². The highest BCUT2D eigenvalue weighted by molar-refractivity contribution is 6.02. The molecule has 0 aliphatic carbocycles. The maximum absolute atomic E-state index is 12.4. The number of nitrogens with zero attached hydrogens (tertiary/aromatic N) is 2. The first-order chi connectivity index (χ1) is 57.9. The summed E-state index contributed by atoms with van der Waals surface area (Å²) < 4.78 is 58.0. The fourth-order valence-electron chi connectivity index (χ4n) is 16.3. The van der Waals surface area contributed by atoms with Crippen LogP contribution in [0.4, 0.5) is 0 Å². The molecule has 11 saturated heterocycles. The molecule has 0 unspecified atom stereocenters. The Morgan fingerprint density at radius 2 is 0.846 bits per heavy atom. The van der Waals surface area contributed by atoms with Crippen LogP contribution < -0.4 is 16.0 Å². The van der Waals surface area contributed by atoms with Crippen molar-refractivity contribution in [3.8, 4) is 0 Å². The number of amides is 7. The van der Waals surface area contributed by atoms with Crippen molar-refractivity contribution < 1.29 is 146 Å². The summed E-state index contributed by atoms with van der Waals surface area (Å²) in [5.74, 6) is -5.20. The van der Waals surface area contributed by atoms with E-state index in [0.29, 0.717) is 57.0 Å². The number of nitrogens with one attached hydrogen (secondary N) is 3. The van der Waals surface area contributed by atoms with Gasteiger partial charge in [0.15, 0.2) is 0 Å². The maximum Gasteiger partial charge on any atom is 0.335 e. The number of rotatable bonds is 30. The molecule has 11 N–H and O–H groups in total. The van der Waals surface area contributed by atoms with Crippen molar-refractivity contribution in [2.75, 3.05) is 19.8 Å². The summed E-state index contributed by atoms with van der Waals surface area (Å²) in [6.07, 6.45) is 20.6. The fourth-order valence-corrected chi connectivity index (χ4v) is 16.3. The lowest BCUT2D eigenvalue weighted by atomic mass is 9.85. The molecule has 27 atom stereocenters. The Hall–Kier alpha value is -8.11. The van der Waals surface area contributed by atoms with Crippen LogP contribution in [0.2, 0.25) is 0 Å². The molecule has 0 saturated carbocycles. The molecule has 123 heavy (non-hydrogen) atoms. The minimum atomic E-state index is -0.941.